The van der Waals surface area contributed by atoms with Crippen molar-refractivity contribution in [3.63, 3.8) is 0 Å². The van der Waals surface area contributed by atoms with Gasteiger partial charge in [-0.15, -0.1) is 0 Å². The number of benzene rings is 3. The van der Waals surface area contributed by atoms with Gasteiger partial charge < -0.3 is 9.47 Å². The van der Waals surface area contributed by atoms with E-state index in [1.807, 2.05) is 86.6 Å². The van der Waals surface area contributed by atoms with Crippen LogP contribution < -0.4 is 14.4 Å². The average molecular weight is 433 g/mol. The van der Waals surface area contributed by atoms with Gasteiger partial charge >= 0.3 is 0 Å². The molecule has 0 unspecified atom stereocenters. The first-order valence-electron chi connectivity index (χ1n) is 10.2. The number of carbonyl (C=O) groups is 1. The Kier molecular flexibility index (Phi) is 6.48. The summed E-state index contributed by atoms with van der Waals surface area (Å²) in [5.74, 6) is 1.33. The van der Waals surface area contributed by atoms with Gasteiger partial charge in [0.1, 0.15) is 11.5 Å². The topological polar surface area (TPSA) is 51.7 Å². The van der Waals surface area contributed by atoms with Crippen LogP contribution in [0.5, 0.6) is 11.5 Å². The Hall–Kier alpha value is -3.38. The van der Waals surface area contributed by atoms with Crippen LogP contribution in [0.1, 0.15) is 18.1 Å². The average Bonchev–Trinajstić information content (AvgIpc) is 3.21. The molecule has 0 spiro atoms. The van der Waals surface area contributed by atoms with Gasteiger partial charge in [0.2, 0.25) is 0 Å². The van der Waals surface area contributed by atoms with E-state index >= 15 is 0 Å². The SMILES string of the molecule is CCOc1ccc2nc(N(Cc3ccccc3)C(=O)COc3ccc(C)cc3)sc2c1. The van der Waals surface area contributed by atoms with Crippen LogP contribution >= 0.6 is 11.3 Å². The second-order valence-electron chi connectivity index (χ2n) is 7.13. The Balaban J connectivity index is 1.59. The monoisotopic (exact) mass is 432 g/mol. The Labute approximate surface area is 185 Å². The third kappa shape index (κ3) is 5.22. The van der Waals surface area contributed by atoms with E-state index in [-0.39, 0.29) is 12.5 Å². The van der Waals surface area contributed by atoms with Crippen molar-refractivity contribution in [2.45, 2.75) is 20.4 Å². The molecule has 0 N–H and O–H groups in total. The molecule has 6 heteroatoms. The molecule has 5 nitrogen and oxygen atoms in total. The maximum Gasteiger partial charge on any atom is 0.267 e. The van der Waals surface area contributed by atoms with Crippen molar-refractivity contribution in [3.05, 3.63) is 83.9 Å². The number of anilines is 1. The minimum Gasteiger partial charge on any atom is -0.494 e. The van der Waals surface area contributed by atoms with Crippen molar-refractivity contribution in [1.29, 1.82) is 0 Å². The fourth-order valence-electron chi connectivity index (χ4n) is 3.15. The fourth-order valence-corrected chi connectivity index (χ4v) is 4.16. The summed E-state index contributed by atoms with van der Waals surface area (Å²) >= 11 is 1.48. The molecule has 0 aliphatic rings. The lowest BCUT2D eigenvalue weighted by Crippen LogP contribution is -2.34. The summed E-state index contributed by atoms with van der Waals surface area (Å²) in [6.07, 6.45) is 0. The standard InChI is InChI=1S/C25H24N2O3S/c1-3-29-21-13-14-22-23(15-21)31-25(26-22)27(16-19-7-5-4-6-8-19)24(28)17-30-20-11-9-18(2)10-12-20/h4-15H,3,16-17H2,1-2H3. The number of carbonyl (C=O) groups excluding carboxylic acids is 1. The number of hydrogen-bond donors (Lipinski definition) is 0. The first-order valence-corrected chi connectivity index (χ1v) is 11.0. The van der Waals surface area contributed by atoms with Gasteiger partial charge in [-0.2, -0.15) is 0 Å². The molecule has 0 bridgehead atoms. The molecule has 158 valence electrons. The van der Waals surface area contributed by atoms with E-state index in [1.54, 1.807) is 4.90 Å². The zero-order valence-corrected chi connectivity index (χ0v) is 18.4. The lowest BCUT2D eigenvalue weighted by molar-refractivity contribution is -0.120. The molecular formula is C25H24N2O3S. The van der Waals surface area contributed by atoms with Crippen molar-refractivity contribution >= 4 is 32.6 Å². The molecule has 0 saturated heterocycles. The quantitative estimate of drug-likeness (QED) is 0.363. The van der Waals surface area contributed by atoms with E-state index in [2.05, 4.69) is 0 Å². The number of aryl methyl sites for hydroxylation is 1. The number of fused-ring (bicyclic) bond motifs is 1. The minimum atomic E-state index is -0.145. The van der Waals surface area contributed by atoms with Crippen LogP contribution in [-0.4, -0.2) is 24.1 Å². The molecule has 1 heterocycles. The third-order valence-electron chi connectivity index (χ3n) is 4.76. The van der Waals surface area contributed by atoms with Crippen LogP contribution in [0.25, 0.3) is 10.2 Å². The zero-order valence-electron chi connectivity index (χ0n) is 17.6. The van der Waals surface area contributed by atoms with E-state index in [1.165, 1.54) is 11.3 Å². The highest BCUT2D eigenvalue weighted by Gasteiger charge is 2.21. The highest BCUT2D eigenvalue weighted by molar-refractivity contribution is 7.22. The van der Waals surface area contributed by atoms with Gasteiger partial charge in [0, 0.05) is 0 Å². The van der Waals surface area contributed by atoms with Gasteiger partial charge in [0.15, 0.2) is 11.7 Å². The van der Waals surface area contributed by atoms with Crippen LogP contribution in [0, 0.1) is 6.92 Å². The zero-order chi connectivity index (χ0) is 21.6. The van der Waals surface area contributed by atoms with Crippen LogP contribution in [-0.2, 0) is 11.3 Å². The van der Waals surface area contributed by atoms with Crippen molar-refractivity contribution < 1.29 is 14.3 Å². The molecule has 0 radical (unpaired) electrons. The number of thiazole rings is 1. The predicted octanol–water partition coefficient (Wildman–Crippen LogP) is 5.62. The number of amides is 1. The summed E-state index contributed by atoms with van der Waals surface area (Å²) in [6, 6.07) is 23.4. The summed E-state index contributed by atoms with van der Waals surface area (Å²) in [5, 5.41) is 0.644. The van der Waals surface area contributed by atoms with E-state index in [4.69, 9.17) is 14.5 Å². The van der Waals surface area contributed by atoms with E-state index in [9.17, 15) is 4.79 Å². The maximum absolute atomic E-state index is 13.2. The van der Waals surface area contributed by atoms with Crippen LogP contribution in [0.15, 0.2) is 72.8 Å². The lowest BCUT2D eigenvalue weighted by Gasteiger charge is -2.20. The number of aromatic nitrogens is 1. The maximum atomic E-state index is 13.2. The number of hydrogen-bond acceptors (Lipinski definition) is 5. The Morgan fingerprint density at radius 3 is 2.45 bits per heavy atom. The first-order chi connectivity index (χ1) is 15.1. The molecule has 0 fully saturated rings. The van der Waals surface area contributed by atoms with Gasteiger partial charge in [-0.3, -0.25) is 9.69 Å². The molecule has 1 aromatic heterocycles. The van der Waals surface area contributed by atoms with Gasteiger partial charge in [-0.25, -0.2) is 4.98 Å². The predicted molar refractivity (Wildman–Crippen MR) is 125 cm³/mol. The second-order valence-corrected chi connectivity index (χ2v) is 8.14. The van der Waals surface area contributed by atoms with Crippen molar-refractivity contribution in [1.82, 2.24) is 4.98 Å². The van der Waals surface area contributed by atoms with Gasteiger partial charge in [0.25, 0.3) is 5.91 Å². The van der Waals surface area contributed by atoms with Crippen LogP contribution in [0.3, 0.4) is 0 Å². The molecule has 0 saturated carbocycles. The molecule has 0 aliphatic heterocycles. The van der Waals surface area contributed by atoms with E-state index in [0.29, 0.717) is 24.0 Å². The fraction of sp³-hybridized carbons (Fsp3) is 0.200. The first kappa shape index (κ1) is 20.9. The highest BCUT2D eigenvalue weighted by atomic mass is 32.1. The molecular weight excluding hydrogens is 408 g/mol. The molecule has 0 atom stereocenters. The molecule has 31 heavy (non-hydrogen) atoms. The summed E-state index contributed by atoms with van der Waals surface area (Å²) in [7, 11) is 0. The Morgan fingerprint density at radius 1 is 0.968 bits per heavy atom. The Bertz CT molecular complexity index is 1160. The number of nitrogens with zero attached hydrogens (tertiary/aromatic N) is 2. The van der Waals surface area contributed by atoms with Crippen LogP contribution in [0.4, 0.5) is 5.13 Å². The van der Waals surface area contributed by atoms with E-state index in [0.717, 1.165) is 27.1 Å². The molecule has 0 aliphatic carbocycles. The highest BCUT2D eigenvalue weighted by Crippen LogP contribution is 2.32. The van der Waals surface area contributed by atoms with Gasteiger partial charge in [-0.1, -0.05) is 59.4 Å². The summed E-state index contributed by atoms with van der Waals surface area (Å²) < 4.78 is 12.3. The molecule has 4 aromatic rings. The molecule has 4 rings (SSSR count). The number of ether oxygens (including phenoxy) is 2. The van der Waals surface area contributed by atoms with Crippen molar-refractivity contribution in [3.8, 4) is 11.5 Å². The summed E-state index contributed by atoms with van der Waals surface area (Å²) in [4.78, 5) is 19.6. The van der Waals surface area contributed by atoms with Gasteiger partial charge in [-0.05, 0) is 49.7 Å². The van der Waals surface area contributed by atoms with Crippen molar-refractivity contribution in [2.75, 3.05) is 18.1 Å². The minimum absolute atomic E-state index is 0.0595. The van der Waals surface area contributed by atoms with Crippen LogP contribution in [0.2, 0.25) is 0 Å². The summed E-state index contributed by atoms with van der Waals surface area (Å²) in [5.41, 5.74) is 3.01. The number of rotatable bonds is 8. The van der Waals surface area contributed by atoms with Gasteiger partial charge in [0.05, 0.1) is 23.4 Å². The normalized spacial score (nSPS) is 10.8. The third-order valence-corrected chi connectivity index (χ3v) is 5.80. The van der Waals surface area contributed by atoms with E-state index < -0.39 is 0 Å². The largest absolute Gasteiger partial charge is 0.494 e. The lowest BCUT2D eigenvalue weighted by atomic mass is 10.2. The summed E-state index contributed by atoms with van der Waals surface area (Å²) in [6.45, 7) is 4.94. The smallest absolute Gasteiger partial charge is 0.267 e. The molecule has 1 amide bonds. The second kappa shape index (κ2) is 9.62. The Morgan fingerprint density at radius 2 is 1.71 bits per heavy atom. The molecule has 3 aromatic carbocycles. The van der Waals surface area contributed by atoms with Crippen molar-refractivity contribution in [2.24, 2.45) is 0 Å².